The Kier molecular flexibility index (Phi) is 6.07. The molecular formula is C26H22FN9O. The van der Waals surface area contributed by atoms with Crippen LogP contribution in [-0.2, 0) is 13.1 Å². The minimum atomic E-state index is -0.727. The third-order valence-corrected chi connectivity index (χ3v) is 6.03. The van der Waals surface area contributed by atoms with E-state index in [0.29, 0.717) is 29.9 Å². The van der Waals surface area contributed by atoms with Gasteiger partial charge in [0.05, 0.1) is 29.1 Å². The van der Waals surface area contributed by atoms with Crippen LogP contribution in [0.25, 0.3) is 28.0 Å². The van der Waals surface area contributed by atoms with Crippen LogP contribution >= 0.6 is 0 Å². The van der Waals surface area contributed by atoms with E-state index in [1.54, 1.807) is 24.5 Å². The smallest absolute Gasteiger partial charge is 0.250 e. The monoisotopic (exact) mass is 495 g/mol. The lowest BCUT2D eigenvalue weighted by Crippen LogP contribution is -2.17. The van der Waals surface area contributed by atoms with Gasteiger partial charge < -0.3 is 15.6 Å². The Bertz CT molecular complexity index is 1750. The molecule has 4 aromatic heterocycles. The number of rotatable bonds is 6. The van der Waals surface area contributed by atoms with E-state index >= 15 is 4.39 Å². The molecule has 37 heavy (non-hydrogen) atoms. The van der Waals surface area contributed by atoms with Crippen molar-refractivity contribution in [2.24, 2.45) is 0 Å². The SMILES string of the molecule is CCn1cc(-c2c(-c3cccc(C#N)c3F)nc(N)n3nc(NCc4ncccc4C)nc23)ccc1=O. The number of nitrogens with one attached hydrogen (secondary N) is 1. The summed E-state index contributed by atoms with van der Waals surface area (Å²) in [5, 5.41) is 17.0. The zero-order chi connectivity index (χ0) is 26.1. The van der Waals surface area contributed by atoms with Gasteiger partial charge in [-0.3, -0.25) is 9.78 Å². The normalized spacial score (nSPS) is 11.0. The first-order valence-corrected chi connectivity index (χ1v) is 11.5. The Morgan fingerprint density at radius 1 is 1.16 bits per heavy atom. The first kappa shape index (κ1) is 23.6. The molecule has 0 saturated carbocycles. The van der Waals surface area contributed by atoms with Crippen LogP contribution in [0.15, 0.2) is 59.7 Å². The van der Waals surface area contributed by atoms with Crippen LogP contribution in [0, 0.1) is 24.1 Å². The van der Waals surface area contributed by atoms with Crippen molar-refractivity contribution in [3.8, 4) is 28.5 Å². The number of aromatic nitrogens is 6. The van der Waals surface area contributed by atoms with Gasteiger partial charge in [-0.05, 0) is 43.7 Å². The van der Waals surface area contributed by atoms with Crippen molar-refractivity contribution < 1.29 is 4.39 Å². The molecule has 0 spiro atoms. The topological polar surface area (TPSA) is 140 Å². The fraction of sp³-hybridized carbons (Fsp3) is 0.154. The lowest BCUT2D eigenvalue weighted by molar-refractivity contribution is 0.627. The van der Waals surface area contributed by atoms with E-state index in [2.05, 4.69) is 25.4 Å². The number of anilines is 2. The molecule has 0 aliphatic carbocycles. The number of hydrogen-bond acceptors (Lipinski definition) is 8. The molecule has 1 aromatic carbocycles. The van der Waals surface area contributed by atoms with Gasteiger partial charge in [0, 0.05) is 36.1 Å². The molecule has 0 amide bonds. The largest absolute Gasteiger partial charge is 0.368 e. The van der Waals surface area contributed by atoms with E-state index < -0.39 is 5.82 Å². The summed E-state index contributed by atoms with van der Waals surface area (Å²) in [5.41, 5.74) is 9.34. The van der Waals surface area contributed by atoms with Crippen LogP contribution < -0.4 is 16.6 Å². The maximum Gasteiger partial charge on any atom is 0.250 e. The minimum absolute atomic E-state index is 0.0195. The Labute approximate surface area is 210 Å². The van der Waals surface area contributed by atoms with Crippen LogP contribution in [0.3, 0.4) is 0 Å². The first-order valence-electron chi connectivity index (χ1n) is 11.5. The number of hydrogen-bond donors (Lipinski definition) is 2. The van der Waals surface area contributed by atoms with Gasteiger partial charge in [-0.15, -0.1) is 5.10 Å². The van der Waals surface area contributed by atoms with Crippen molar-refractivity contribution in [3.05, 3.63) is 87.9 Å². The number of nitrogens with two attached hydrogens (primary N) is 1. The van der Waals surface area contributed by atoms with Crippen LogP contribution in [0.5, 0.6) is 0 Å². The van der Waals surface area contributed by atoms with Crippen LogP contribution in [-0.4, -0.2) is 29.1 Å². The van der Waals surface area contributed by atoms with Gasteiger partial charge in [-0.2, -0.15) is 14.8 Å². The average molecular weight is 496 g/mol. The number of benzene rings is 1. The van der Waals surface area contributed by atoms with E-state index in [1.807, 2.05) is 32.0 Å². The zero-order valence-corrected chi connectivity index (χ0v) is 20.1. The van der Waals surface area contributed by atoms with Crippen molar-refractivity contribution in [1.82, 2.24) is 29.1 Å². The molecular weight excluding hydrogens is 473 g/mol. The summed E-state index contributed by atoms with van der Waals surface area (Å²) in [4.78, 5) is 25.8. The molecule has 10 nitrogen and oxygen atoms in total. The molecule has 0 bridgehead atoms. The average Bonchev–Trinajstić information content (AvgIpc) is 3.33. The van der Waals surface area contributed by atoms with Crippen LogP contribution in [0.1, 0.15) is 23.7 Å². The molecule has 0 radical (unpaired) electrons. The summed E-state index contributed by atoms with van der Waals surface area (Å²) in [6, 6.07) is 13.2. The van der Waals surface area contributed by atoms with E-state index in [-0.39, 0.29) is 34.3 Å². The third-order valence-electron chi connectivity index (χ3n) is 6.03. The quantitative estimate of drug-likeness (QED) is 0.364. The number of nitriles is 1. The number of pyridine rings is 2. The highest BCUT2D eigenvalue weighted by Crippen LogP contribution is 2.36. The van der Waals surface area contributed by atoms with Crippen molar-refractivity contribution in [1.29, 1.82) is 5.26 Å². The van der Waals surface area contributed by atoms with Crippen molar-refractivity contribution in [2.75, 3.05) is 11.1 Å². The van der Waals surface area contributed by atoms with Crippen LogP contribution in [0.4, 0.5) is 16.3 Å². The number of nitrogen functional groups attached to an aromatic ring is 1. The fourth-order valence-electron chi connectivity index (χ4n) is 4.09. The predicted molar refractivity (Wildman–Crippen MR) is 137 cm³/mol. The van der Waals surface area contributed by atoms with Gasteiger partial charge in [0.15, 0.2) is 5.65 Å². The second-order valence-corrected chi connectivity index (χ2v) is 8.31. The summed E-state index contributed by atoms with van der Waals surface area (Å²) in [5.74, 6) is -0.476. The van der Waals surface area contributed by atoms with Gasteiger partial charge in [0.25, 0.3) is 5.56 Å². The number of fused-ring (bicyclic) bond motifs is 1. The fourth-order valence-corrected chi connectivity index (χ4v) is 4.09. The third kappa shape index (κ3) is 4.25. The Morgan fingerprint density at radius 3 is 2.76 bits per heavy atom. The zero-order valence-electron chi connectivity index (χ0n) is 20.1. The van der Waals surface area contributed by atoms with Crippen molar-refractivity contribution >= 4 is 17.5 Å². The lowest BCUT2D eigenvalue weighted by Gasteiger charge is -2.14. The van der Waals surface area contributed by atoms with Gasteiger partial charge >= 0.3 is 0 Å². The van der Waals surface area contributed by atoms with Crippen molar-refractivity contribution in [3.63, 3.8) is 0 Å². The number of aryl methyl sites for hydroxylation is 2. The van der Waals surface area contributed by atoms with Gasteiger partial charge in [0.2, 0.25) is 11.9 Å². The summed E-state index contributed by atoms with van der Waals surface area (Å²) in [7, 11) is 0. The van der Waals surface area contributed by atoms with Gasteiger partial charge in [-0.25, -0.2) is 9.37 Å². The number of nitrogens with zero attached hydrogens (tertiary/aromatic N) is 7. The molecule has 4 heterocycles. The molecule has 0 aliphatic heterocycles. The molecule has 3 N–H and O–H groups in total. The molecule has 0 atom stereocenters. The molecule has 11 heteroatoms. The molecule has 184 valence electrons. The maximum atomic E-state index is 15.3. The molecule has 0 unspecified atom stereocenters. The van der Waals surface area contributed by atoms with Gasteiger partial charge in [0.1, 0.15) is 11.9 Å². The molecule has 0 aliphatic rings. The molecule has 0 fully saturated rings. The van der Waals surface area contributed by atoms with E-state index in [0.717, 1.165) is 11.3 Å². The second-order valence-electron chi connectivity index (χ2n) is 8.31. The molecule has 5 rings (SSSR count). The summed E-state index contributed by atoms with van der Waals surface area (Å²) in [6.07, 6.45) is 3.37. The molecule has 5 aromatic rings. The Hall–Kier alpha value is -5.11. The van der Waals surface area contributed by atoms with E-state index in [9.17, 15) is 10.1 Å². The van der Waals surface area contributed by atoms with Crippen molar-refractivity contribution in [2.45, 2.75) is 26.9 Å². The van der Waals surface area contributed by atoms with Crippen LogP contribution in [0.2, 0.25) is 0 Å². The van der Waals surface area contributed by atoms with E-state index in [4.69, 9.17) is 5.73 Å². The summed E-state index contributed by atoms with van der Waals surface area (Å²) >= 11 is 0. The highest BCUT2D eigenvalue weighted by Gasteiger charge is 2.23. The first-order chi connectivity index (χ1) is 17.9. The highest BCUT2D eigenvalue weighted by molar-refractivity contribution is 5.91. The maximum absolute atomic E-state index is 15.3. The lowest BCUT2D eigenvalue weighted by atomic mass is 9.99. The minimum Gasteiger partial charge on any atom is -0.368 e. The Balaban J connectivity index is 1.74. The van der Waals surface area contributed by atoms with E-state index in [1.165, 1.54) is 27.3 Å². The molecule has 0 saturated heterocycles. The number of halogens is 1. The summed E-state index contributed by atoms with van der Waals surface area (Å²) in [6.45, 7) is 4.61. The summed E-state index contributed by atoms with van der Waals surface area (Å²) < 4.78 is 18.2. The predicted octanol–water partition coefficient (Wildman–Crippen LogP) is 3.55. The highest BCUT2D eigenvalue weighted by atomic mass is 19.1. The standard InChI is InChI=1S/C26H22FN9O/c1-3-35-14-17(9-10-20(35)37)21-23(18-8-4-7-16(12-28)22(18)27)32-25(29)36-24(21)33-26(34-36)31-13-19-15(2)6-5-11-30-19/h4-11,14H,3,13H2,1-2H3,(H2,29,32)(H,31,34). The Morgan fingerprint density at radius 2 is 2.00 bits per heavy atom. The second kappa shape index (κ2) is 9.50. The van der Waals surface area contributed by atoms with Gasteiger partial charge in [-0.1, -0.05) is 12.1 Å².